The minimum Gasteiger partial charge on any atom is -0.0592 e. The largest absolute Gasteiger partial charge is 0.0592 e. The Labute approximate surface area is 217 Å². The van der Waals surface area contributed by atoms with E-state index in [1.54, 1.807) is 27.5 Å². The Morgan fingerprint density at radius 2 is 0.613 bits per heavy atom. The Morgan fingerprint density at radius 3 is 0.774 bits per heavy atom. The van der Waals surface area contributed by atoms with Crippen molar-refractivity contribution >= 4 is 42.3 Å². The van der Waals surface area contributed by atoms with E-state index in [-0.39, 0.29) is 17.1 Å². The van der Waals surface area contributed by atoms with Crippen LogP contribution in [0.15, 0.2) is 0 Å². The molecule has 2 fully saturated rings. The summed E-state index contributed by atoms with van der Waals surface area (Å²) < 4.78 is 0. The monoisotopic (exact) mass is 556 g/mol. The summed E-state index contributed by atoms with van der Waals surface area (Å²) in [5.41, 5.74) is 5.00. The van der Waals surface area contributed by atoms with Gasteiger partial charge in [0.1, 0.15) is 0 Å². The molecule has 0 saturated carbocycles. The van der Waals surface area contributed by atoms with Crippen molar-refractivity contribution < 1.29 is 17.1 Å². The average molecular weight is 556 g/mol. The van der Waals surface area contributed by atoms with Crippen LogP contribution in [-0.2, 0) is 17.1 Å². The molecule has 0 atom stereocenters. The van der Waals surface area contributed by atoms with E-state index >= 15 is 0 Å². The first kappa shape index (κ1) is 33.7. The third-order valence-corrected chi connectivity index (χ3v) is 16.6. The summed E-state index contributed by atoms with van der Waals surface area (Å²) >= 11 is 0. The topological polar surface area (TPSA) is 0 Å². The molecule has 0 nitrogen and oxygen atoms in total. The predicted molar refractivity (Wildman–Crippen MR) is 148 cm³/mol. The molecule has 6 heteroatoms. The maximum absolute atomic E-state index is 2.35. The van der Waals surface area contributed by atoms with E-state index < -0.39 is 0 Å². The van der Waals surface area contributed by atoms with E-state index in [0.717, 1.165) is 0 Å². The van der Waals surface area contributed by atoms with Crippen molar-refractivity contribution in [3.63, 3.8) is 0 Å². The van der Waals surface area contributed by atoms with E-state index in [1.165, 1.54) is 42.3 Å². The number of hydrogen-bond donors (Lipinski definition) is 0. The van der Waals surface area contributed by atoms with Gasteiger partial charge in [0.15, 0.2) is 0 Å². The Bertz CT molecular complexity index is 501. The Balaban J connectivity index is 0.000000581. The molecule has 0 aromatic carbocycles. The molecule has 31 heavy (non-hydrogen) atoms. The fourth-order valence-electron chi connectivity index (χ4n) is 2.60. The fraction of sp³-hybridized carbons (Fsp3) is 0.800. The van der Waals surface area contributed by atoms with Crippen molar-refractivity contribution in [2.24, 2.45) is 27.1 Å². The molecule has 0 bridgehead atoms. The van der Waals surface area contributed by atoms with Crippen molar-refractivity contribution in [2.75, 3.05) is 0 Å². The van der Waals surface area contributed by atoms with Crippen molar-refractivity contribution in [2.45, 2.75) is 104 Å². The minimum absolute atomic E-state index is 0. The van der Waals surface area contributed by atoms with Crippen LogP contribution >= 0.6 is 42.3 Å². The second-order valence-corrected chi connectivity index (χ2v) is 20.4. The van der Waals surface area contributed by atoms with Crippen LogP contribution in [0.4, 0.5) is 0 Å². The molecular formula is C25H45FeP5. The van der Waals surface area contributed by atoms with Crippen molar-refractivity contribution in [3.8, 4) is 0 Å². The standard InChI is InChI=1S/C15H27P2.C10H18P3.Fe/c1-13(2,3)10-11(14(4,5)6)17-12(16-10)15(7,8)9;1-9(2,3)7-11-8(13-12-7)10(4,5)6;/h1-9H3;1-6H3;. The van der Waals surface area contributed by atoms with E-state index in [9.17, 15) is 0 Å². The summed E-state index contributed by atoms with van der Waals surface area (Å²) in [7, 11) is 7.56. The minimum atomic E-state index is 0. The van der Waals surface area contributed by atoms with Crippen LogP contribution in [-0.4, -0.2) is 0 Å². The summed E-state index contributed by atoms with van der Waals surface area (Å²) in [6, 6.07) is 0. The van der Waals surface area contributed by atoms with Crippen LogP contribution < -0.4 is 0 Å². The molecule has 0 aromatic heterocycles. The molecule has 178 valence electrons. The molecule has 2 aliphatic rings. The smallest absolute Gasteiger partial charge is 0.0437 e. The molecule has 0 unspecified atom stereocenters. The summed E-state index contributed by atoms with van der Waals surface area (Å²) in [6.07, 6.45) is 0. The summed E-state index contributed by atoms with van der Waals surface area (Å²) in [5, 5.41) is 5.02. The van der Waals surface area contributed by atoms with Crippen molar-refractivity contribution in [1.29, 1.82) is 0 Å². The first-order chi connectivity index (χ1) is 13.0. The molecule has 2 heterocycles. The van der Waals surface area contributed by atoms with Gasteiger partial charge in [-0.2, -0.15) is 0 Å². The third-order valence-electron chi connectivity index (χ3n) is 4.54. The van der Waals surface area contributed by atoms with Gasteiger partial charge in [-0.25, -0.2) is 0 Å². The maximum atomic E-state index is 2.35. The van der Waals surface area contributed by atoms with Gasteiger partial charge in [0.25, 0.3) is 0 Å². The van der Waals surface area contributed by atoms with Crippen LogP contribution in [0.25, 0.3) is 0 Å². The molecule has 0 amide bonds. The van der Waals surface area contributed by atoms with Gasteiger partial charge in [-0.1, -0.05) is 130 Å². The van der Waals surface area contributed by atoms with Gasteiger partial charge in [-0.15, -0.1) is 0 Å². The van der Waals surface area contributed by atoms with Crippen LogP contribution in [0.5, 0.6) is 0 Å². The Kier molecular flexibility index (Phi) is 12.8. The fourth-order valence-corrected chi connectivity index (χ4v) is 13.2. The first-order valence-electron chi connectivity index (χ1n) is 11.0. The maximum Gasteiger partial charge on any atom is 0.0437 e. The summed E-state index contributed by atoms with van der Waals surface area (Å²) in [4.78, 5) is 0. The second kappa shape index (κ2) is 11.8. The van der Waals surface area contributed by atoms with Gasteiger partial charge < -0.3 is 0 Å². The summed E-state index contributed by atoms with van der Waals surface area (Å²) in [6.45, 7) is 35.1. The molecule has 0 spiro atoms. The SMILES string of the molecule is CC(C)(C)[C]1[P][C](C(C)(C)C)[C](C(C)(C)C)[P]1.CC(C)(C)[C]1[P][P][C](C(C)(C)C)[P]1.[Fe]. The van der Waals surface area contributed by atoms with Gasteiger partial charge >= 0.3 is 0 Å². The first-order valence-corrected chi connectivity index (χ1v) is 16.2. The van der Waals surface area contributed by atoms with E-state index in [1.807, 2.05) is 0 Å². The van der Waals surface area contributed by atoms with E-state index in [4.69, 9.17) is 0 Å². The molecule has 2 rings (SSSR count). The molecule has 0 aromatic rings. The molecular weight excluding hydrogens is 511 g/mol. The van der Waals surface area contributed by atoms with Crippen LogP contribution in [0, 0.1) is 54.6 Å². The van der Waals surface area contributed by atoms with E-state index in [2.05, 4.69) is 104 Å². The van der Waals surface area contributed by atoms with Crippen molar-refractivity contribution in [1.82, 2.24) is 0 Å². The third kappa shape index (κ3) is 10.7. The quantitative estimate of drug-likeness (QED) is 0.206. The average Bonchev–Trinajstić information content (AvgIpc) is 3.13. The molecule has 2 saturated heterocycles. The van der Waals surface area contributed by atoms with Crippen LogP contribution in [0.1, 0.15) is 104 Å². The predicted octanol–water partition coefficient (Wildman–Crippen LogP) is 12.4. The zero-order chi connectivity index (χ0) is 23.9. The second-order valence-electron chi connectivity index (χ2n) is 13.5. The Morgan fingerprint density at radius 1 is 0.355 bits per heavy atom. The Hall–Kier alpha value is 2.67. The zero-order valence-corrected chi connectivity index (χ0v) is 28.2. The van der Waals surface area contributed by atoms with Gasteiger partial charge in [-0.05, 0) is 43.6 Å². The zero-order valence-electron chi connectivity index (χ0n) is 22.6. The van der Waals surface area contributed by atoms with Crippen molar-refractivity contribution in [3.05, 3.63) is 27.5 Å². The summed E-state index contributed by atoms with van der Waals surface area (Å²) in [5.74, 6) is 0. The van der Waals surface area contributed by atoms with Gasteiger partial charge in [0, 0.05) is 44.6 Å². The number of hydrogen-bond acceptors (Lipinski definition) is 0. The van der Waals surface area contributed by atoms with Crippen LogP contribution in [0.2, 0.25) is 0 Å². The van der Waals surface area contributed by atoms with Crippen LogP contribution in [0.3, 0.4) is 0 Å². The van der Waals surface area contributed by atoms with Gasteiger partial charge in [0.05, 0.1) is 0 Å². The molecule has 0 aliphatic carbocycles. The normalized spacial score (nSPS) is 25.6. The number of rotatable bonds is 0. The van der Waals surface area contributed by atoms with Gasteiger partial charge in [-0.3, -0.25) is 0 Å². The molecule has 0 N–H and O–H groups in total. The van der Waals surface area contributed by atoms with E-state index in [0.29, 0.717) is 27.1 Å². The van der Waals surface area contributed by atoms with Gasteiger partial charge in [0.2, 0.25) is 0 Å². The molecule has 2 aliphatic heterocycles. The molecule has 10 radical (unpaired) electrons.